The molecule has 1 aromatic heterocycles. The van der Waals surface area contributed by atoms with Crippen molar-refractivity contribution in [1.82, 2.24) is 4.98 Å². The van der Waals surface area contributed by atoms with Crippen molar-refractivity contribution < 1.29 is 9.47 Å². The smallest absolute Gasteiger partial charge is 0.214 e. The number of aromatic nitrogens is 1. The lowest BCUT2D eigenvalue weighted by atomic mass is 9.99. The van der Waals surface area contributed by atoms with E-state index in [1.807, 2.05) is 18.2 Å². The second-order valence-corrected chi connectivity index (χ2v) is 4.50. The Kier molecular flexibility index (Phi) is 4.38. The normalized spacial score (nSPS) is 24.1. The molecule has 1 aliphatic heterocycles. The molecule has 0 radical (unpaired) electrons. The minimum absolute atomic E-state index is 0.281. The van der Waals surface area contributed by atoms with E-state index in [0.717, 1.165) is 25.2 Å². The van der Waals surface area contributed by atoms with Crippen LogP contribution in [-0.2, 0) is 4.74 Å². The second kappa shape index (κ2) is 6.02. The summed E-state index contributed by atoms with van der Waals surface area (Å²) in [4.78, 5) is 6.72. The highest BCUT2D eigenvalue weighted by atomic mass is 16.5. The van der Waals surface area contributed by atoms with Crippen molar-refractivity contribution in [2.75, 3.05) is 32.2 Å². The molecule has 0 spiro atoms. The molecule has 2 heterocycles. The van der Waals surface area contributed by atoms with Gasteiger partial charge in [-0.15, -0.1) is 0 Å². The van der Waals surface area contributed by atoms with Crippen LogP contribution < -0.4 is 15.4 Å². The maximum absolute atomic E-state index is 5.86. The lowest BCUT2D eigenvalue weighted by molar-refractivity contribution is 0.0707. The van der Waals surface area contributed by atoms with Crippen LogP contribution in [0.1, 0.15) is 12.8 Å². The first-order chi connectivity index (χ1) is 8.78. The summed E-state index contributed by atoms with van der Waals surface area (Å²) in [6, 6.07) is 6.08. The number of hydrogen-bond donors (Lipinski definition) is 1. The molecule has 2 rings (SSSR count). The maximum Gasteiger partial charge on any atom is 0.214 e. The van der Waals surface area contributed by atoms with Gasteiger partial charge in [0.05, 0.1) is 13.2 Å². The van der Waals surface area contributed by atoms with E-state index in [0.29, 0.717) is 18.5 Å². The summed E-state index contributed by atoms with van der Waals surface area (Å²) in [5.74, 6) is 1.57. The summed E-state index contributed by atoms with van der Waals surface area (Å²) in [6.45, 7) is 1.53. The van der Waals surface area contributed by atoms with Crippen LogP contribution in [0.2, 0.25) is 0 Å². The van der Waals surface area contributed by atoms with Gasteiger partial charge >= 0.3 is 0 Å². The van der Waals surface area contributed by atoms with Gasteiger partial charge in [0.15, 0.2) is 0 Å². The SMILES string of the molecule is COc1cccc(N2CCC(OC)CC2CN)n1. The minimum atomic E-state index is 0.281. The summed E-state index contributed by atoms with van der Waals surface area (Å²) in [5.41, 5.74) is 5.86. The molecule has 0 bridgehead atoms. The van der Waals surface area contributed by atoms with Crippen molar-refractivity contribution in [1.29, 1.82) is 0 Å². The lowest BCUT2D eigenvalue weighted by Crippen LogP contribution is -2.49. The van der Waals surface area contributed by atoms with E-state index in [1.54, 1.807) is 14.2 Å². The van der Waals surface area contributed by atoms with Gasteiger partial charge in [0.1, 0.15) is 5.82 Å². The molecule has 100 valence electrons. The molecule has 5 heteroatoms. The molecule has 1 aromatic rings. The molecule has 0 amide bonds. The molecule has 0 saturated carbocycles. The number of hydrogen-bond acceptors (Lipinski definition) is 5. The maximum atomic E-state index is 5.86. The number of ether oxygens (including phenoxy) is 2. The Bertz CT molecular complexity index is 386. The van der Waals surface area contributed by atoms with Crippen LogP contribution >= 0.6 is 0 Å². The molecular formula is C13H21N3O2. The zero-order valence-corrected chi connectivity index (χ0v) is 11.0. The van der Waals surface area contributed by atoms with Crippen LogP contribution in [0.25, 0.3) is 0 Å². The predicted octanol–water partition coefficient (Wildman–Crippen LogP) is 1.03. The van der Waals surface area contributed by atoms with Crippen molar-refractivity contribution >= 4 is 5.82 Å². The van der Waals surface area contributed by atoms with Crippen LogP contribution in [0.15, 0.2) is 18.2 Å². The van der Waals surface area contributed by atoms with Crippen molar-refractivity contribution in [3.63, 3.8) is 0 Å². The van der Waals surface area contributed by atoms with Gasteiger partial charge in [0, 0.05) is 32.3 Å². The van der Waals surface area contributed by atoms with Gasteiger partial charge in [-0.2, -0.15) is 4.98 Å². The fraction of sp³-hybridized carbons (Fsp3) is 0.615. The number of pyridine rings is 1. The topological polar surface area (TPSA) is 60.6 Å². The molecule has 0 aliphatic carbocycles. The number of rotatable bonds is 4. The quantitative estimate of drug-likeness (QED) is 0.866. The number of nitrogens with two attached hydrogens (primary N) is 1. The third-order valence-electron chi connectivity index (χ3n) is 3.49. The van der Waals surface area contributed by atoms with Crippen molar-refractivity contribution in [2.24, 2.45) is 5.73 Å². The minimum Gasteiger partial charge on any atom is -0.481 e. The van der Waals surface area contributed by atoms with Gasteiger partial charge in [0.25, 0.3) is 0 Å². The van der Waals surface area contributed by atoms with E-state index >= 15 is 0 Å². The van der Waals surface area contributed by atoms with Crippen molar-refractivity contribution in [3.05, 3.63) is 18.2 Å². The fourth-order valence-electron chi connectivity index (χ4n) is 2.43. The Morgan fingerprint density at radius 2 is 2.28 bits per heavy atom. The predicted molar refractivity (Wildman–Crippen MR) is 71.0 cm³/mol. The summed E-state index contributed by atoms with van der Waals surface area (Å²) in [5, 5.41) is 0. The highest BCUT2D eigenvalue weighted by Gasteiger charge is 2.28. The number of piperidine rings is 1. The van der Waals surface area contributed by atoms with Crippen molar-refractivity contribution in [3.8, 4) is 5.88 Å². The Labute approximate surface area is 108 Å². The molecule has 18 heavy (non-hydrogen) atoms. The third kappa shape index (κ3) is 2.73. The van der Waals surface area contributed by atoms with E-state index < -0.39 is 0 Å². The molecular weight excluding hydrogens is 230 g/mol. The van der Waals surface area contributed by atoms with Crippen LogP contribution in [0.3, 0.4) is 0 Å². The third-order valence-corrected chi connectivity index (χ3v) is 3.49. The summed E-state index contributed by atoms with van der Waals surface area (Å²) < 4.78 is 10.6. The summed E-state index contributed by atoms with van der Waals surface area (Å²) >= 11 is 0. The zero-order chi connectivity index (χ0) is 13.0. The second-order valence-electron chi connectivity index (χ2n) is 4.50. The summed E-state index contributed by atoms with van der Waals surface area (Å²) in [7, 11) is 3.39. The highest BCUT2D eigenvalue weighted by Crippen LogP contribution is 2.25. The van der Waals surface area contributed by atoms with Crippen LogP contribution in [0.4, 0.5) is 5.82 Å². The zero-order valence-electron chi connectivity index (χ0n) is 11.0. The molecule has 2 N–H and O–H groups in total. The molecule has 0 aromatic carbocycles. The average molecular weight is 251 g/mol. The van der Waals surface area contributed by atoms with Crippen LogP contribution in [0, 0.1) is 0 Å². The first-order valence-electron chi connectivity index (χ1n) is 6.29. The first-order valence-corrected chi connectivity index (χ1v) is 6.29. The molecule has 2 atom stereocenters. The monoisotopic (exact) mass is 251 g/mol. The van der Waals surface area contributed by atoms with E-state index in [4.69, 9.17) is 15.2 Å². The van der Waals surface area contributed by atoms with Crippen LogP contribution in [0.5, 0.6) is 5.88 Å². The standard InChI is InChI=1S/C13H21N3O2/c1-17-11-6-7-16(10(8-11)9-14)12-4-3-5-13(15-12)18-2/h3-5,10-11H,6-9,14H2,1-2H3. The number of anilines is 1. The van der Waals surface area contributed by atoms with Gasteiger partial charge in [-0.1, -0.05) is 6.07 Å². The first kappa shape index (κ1) is 13.1. The van der Waals surface area contributed by atoms with Crippen LogP contribution in [-0.4, -0.2) is 44.4 Å². The number of methoxy groups -OCH3 is 2. The Morgan fingerprint density at radius 1 is 1.44 bits per heavy atom. The van der Waals surface area contributed by atoms with Gasteiger partial charge in [-0.3, -0.25) is 0 Å². The molecule has 1 aliphatic rings. The molecule has 2 unspecified atom stereocenters. The van der Waals surface area contributed by atoms with E-state index in [-0.39, 0.29) is 6.04 Å². The van der Waals surface area contributed by atoms with Gasteiger partial charge in [-0.25, -0.2) is 0 Å². The van der Waals surface area contributed by atoms with E-state index in [1.165, 1.54) is 0 Å². The van der Waals surface area contributed by atoms with E-state index in [9.17, 15) is 0 Å². The fourth-order valence-corrected chi connectivity index (χ4v) is 2.43. The lowest BCUT2D eigenvalue weighted by Gasteiger charge is -2.39. The summed E-state index contributed by atoms with van der Waals surface area (Å²) in [6.07, 6.45) is 2.26. The highest BCUT2D eigenvalue weighted by molar-refractivity contribution is 5.42. The van der Waals surface area contributed by atoms with E-state index in [2.05, 4.69) is 9.88 Å². The molecule has 1 saturated heterocycles. The largest absolute Gasteiger partial charge is 0.481 e. The van der Waals surface area contributed by atoms with Gasteiger partial charge < -0.3 is 20.1 Å². The molecule has 1 fully saturated rings. The molecule has 5 nitrogen and oxygen atoms in total. The average Bonchev–Trinajstić information content (AvgIpc) is 2.46. The Morgan fingerprint density at radius 3 is 2.94 bits per heavy atom. The van der Waals surface area contributed by atoms with Crippen molar-refractivity contribution in [2.45, 2.75) is 25.0 Å². The van der Waals surface area contributed by atoms with Gasteiger partial charge in [-0.05, 0) is 18.9 Å². The van der Waals surface area contributed by atoms with Gasteiger partial charge in [0.2, 0.25) is 5.88 Å². The number of nitrogens with zero attached hydrogens (tertiary/aromatic N) is 2. The Balaban J connectivity index is 2.15. The Hall–Kier alpha value is -1.33.